The van der Waals surface area contributed by atoms with Crippen LogP contribution in [0.5, 0.6) is 0 Å². The minimum Gasteiger partial charge on any atom is -0.383 e. The molecule has 3 nitrogen and oxygen atoms in total. The summed E-state index contributed by atoms with van der Waals surface area (Å²) in [7, 11) is 1.70. The topological polar surface area (TPSA) is 33.3 Å². The highest BCUT2D eigenvalue weighted by atomic mass is 32.1. The Bertz CT molecular complexity index is 233. The van der Waals surface area contributed by atoms with Gasteiger partial charge in [-0.25, -0.2) is 0 Å². The van der Waals surface area contributed by atoms with Gasteiger partial charge in [-0.1, -0.05) is 26.7 Å². The smallest absolute Gasteiger partial charge is 0.166 e. The Balaban J connectivity index is 2.34. The van der Waals surface area contributed by atoms with Crippen LogP contribution in [0.4, 0.5) is 0 Å². The van der Waals surface area contributed by atoms with Crippen molar-refractivity contribution in [3.05, 3.63) is 0 Å². The predicted octanol–water partition coefficient (Wildman–Crippen LogP) is 2.31. The summed E-state index contributed by atoms with van der Waals surface area (Å²) >= 11 is 5.31. The second-order valence-electron chi connectivity index (χ2n) is 5.19. The van der Waals surface area contributed by atoms with E-state index in [1.807, 2.05) is 0 Å². The third kappa shape index (κ3) is 5.21. The van der Waals surface area contributed by atoms with Crippen LogP contribution in [0.3, 0.4) is 0 Å². The van der Waals surface area contributed by atoms with Crippen molar-refractivity contribution >= 4 is 17.3 Å². The SMILES string of the molecule is COCCNC(=S)NC1CCCCC1C(C)C. The predicted molar refractivity (Wildman–Crippen MR) is 76.2 cm³/mol. The number of methoxy groups -OCH3 is 1. The van der Waals surface area contributed by atoms with Gasteiger partial charge in [-0.3, -0.25) is 0 Å². The molecule has 2 unspecified atom stereocenters. The third-order valence-electron chi connectivity index (χ3n) is 3.58. The second-order valence-corrected chi connectivity index (χ2v) is 5.60. The molecule has 2 atom stereocenters. The maximum atomic E-state index is 5.31. The lowest BCUT2D eigenvalue weighted by molar-refractivity contribution is 0.202. The molecular formula is C13H26N2OS. The summed E-state index contributed by atoms with van der Waals surface area (Å²) in [6.45, 7) is 6.10. The molecule has 0 aromatic carbocycles. The van der Waals surface area contributed by atoms with Crippen molar-refractivity contribution in [3.8, 4) is 0 Å². The third-order valence-corrected chi connectivity index (χ3v) is 3.85. The molecule has 2 N–H and O–H groups in total. The molecule has 0 spiro atoms. The summed E-state index contributed by atoms with van der Waals surface area (Å²) in [4.78, 5) is 0. The molecule has 0 amide bonds. The Kier molecular flexibility index (Phi) is 6.82. The summed E-state index contributed by atoms with van der Waals surface area (Å²) < 4.78 is 4.99. The van der Waals surface area contributed by atoms with Crippen LogP contribution >= 0.6 is 12.2 Å². The first kappa shape index (κ1) is 14.7. The van der Waals surface area contributed by atoms with E-state index in [0.29, 0.717) is 12.6 Å². The Hall–Kier alpha value is -0.350. The lowest BCUT2D eigenvalue weighted by Gasteiger charge is -2.35. The van der Waals surface area contributed by atoms with E-state index in [-0.39, 0.29) is 0 Å². The summed E-state index contributed by atoms with van der Waals surface area (Å²) in [5.41, 5.74) is 0. The van der Waals surface area contributed by atoms with Crippen molar-refractivity contribution in [1.82, 2.24) is 10.6 Å². The van der Waals surface area contributed by atoms with Gasteiger partial charge in [0.05, 0.1) is 6.61 Å². The molecule has 0 heterocycles. The molecule has 0 aromatic rings. The van der Waals surface area contributed by atoms with E-state index in [0.717, 1.165) is 23.5 Å². The monoisotopic (exact) mass is 258 g/mol. The van der Waals surface area contributed by atoms with E-state index < -0.39 is 0 Å². The fourth-order valence-electron chi connectivity index (χ4n) is 2.62. The Morgan fingerprint density at radius 2 is 2.06 bits per heavy atom. The van der Waals surface area contributed by atoms with E-state index in [9.17, 15) is 0 Å². The zero-order chi connectivity index (χ0) is 12.7. The first-order valence-corrected chi connectivity index (χ1v) is 7.09. The minimum atomic E-state index is 0.547. The molecule has 1 aliphatic rings. The number of ether oxygens (including phenoxy) is 1. The van der Waals surface area contributed by atoms with Gasteiger partial charge >= 0.3 is 0 Å². The molecular weight excluding hydrogens is 232 g/mol. The summed E-state index contributed by atoms with van der Waals surface area (Å²) in [6, 6.07) is 0.547. The van der Waals surface area contributed by atoms with Crippen LogP contribution in [0.2, 0.25) is 0 Å². The molecule has 0 radical (unpaired) electrons. The molecule has 100 valence electrons. The van der Waals surface area contributed by atoms with Crippen LogP contribution in [0.25, 0.3) is 0 Å². The van der Waals surface area contributed by atoms with Gasteiger partial charge < -0.3 is 15.4 Å². The fraction of sp³-hybridized carbons (Fsp3) is 0.923. The zero-order valence-electron chi connectivity index (χ0n) is 11.3. The van der Waals surface area contributed by atoms with Crippen molar-refractivity contribution in [3.63, 3.8) is 0 Å². The molecule has 0 aromatic heterocycles. The maximum Gasteiger partial charge on any atom is 0.166 e. The van der Waals surface area contributed by atoms with Gasteiger partial charge in [-0.2, -0.15) is 0 Å². The average molecular weight is 258 g/mol. The lowest BCUT2D eigenvalue weighted by Crippen LogP contribution is -2.48. The van der Waals surface area contributed by atoms with Crippen LogP contribution in [0.1, 0.15) is 39.5 Å². The van der Waals surface area contributed by atoms with Gasteiger partial charge in [0.1, 0.15) is 0 Å². The fourth-order valence-corrected chi connectivity index (χ4v) is 2.88. The maximum absolute atomic E-state index is 5.31. The Morgan fingerprint density at radius 3 is 2.71 bits per heavy atom. The Morgan fingerprint density at radius 1 is 1.35 bits per heavy atom. The van der Waals surface area contributed by atoms with Crippen molar-refractivity contribution in [2.45, 2.75) is 45.6 Å². The van der Waals surface area contributed by atoms with Crippen LogP contribution in [-0.4, -0.2) is 31.4 Å². The van der Waals surface area contributed by atoms with E-state index in [2.05, 4.69) is 24.5 Å². The molecule has 0 bridgehead atoms. The molecule has 1 fully saturated rings. The largest absolute Gasteiger partial charge is 0.383 e. The molecule has 17 heavy (non-hydrogen) atoms. The van der Waals surface area contributed by atoms with E-state index >= 15 is 0 Å². The van der Waals surface area contributed by atoms with E-state index in [4.69, 9.17) is 17.0 Å². The first-order valence-electron chi connectivity index (χ1n) is 6.68. The van der Waals surface area contributed by atoms with E-state index in [1.165, 1.54) is 25.7 Å². The van der Waals surface area contributed by atoms with Crippen molar-refractivity contribution in [2.75, 3.05) is 20.3 Å². The molecule has 1 aliphatic carbocycles. The summed E-state index contributed by atoms with van der Waals surface area (Å²) in [6.07, 6.45) is 5.26. The van der Waals surface area contributed by atoms with Gasteiger partial charge in [0.15, 0.2) is 5.11 Å². The Labute approximate surface area is 111 Å². The molecule has 1 saturated carbocycles. The highest BCUT2D eigenvalue weighted by Crippen LogP contribution is 2.30. The van der Waals surface area contributed by atoms with Crippen molar-refractivity contribution < 1.29 is 4.74 Å². The standard InChI is InChI=1S/C13H26N2OS/c1-10(2)11-6-4-5-7-12(11)15-13(17)14-8-9-16-3/h10-12H,4-9H2,1-3H3,(H2,14,15,17). The lowest BCUT2D eigenvalue weighted by atomic mass is 9.78. The highest BCUT2D eigenvalue weighted by Gasteiger charge is 2.27. The minimum absolute atomic E-state index is 0.547. The van der Waals surface area contributed by atoms with E-state index in [1.54, 1.807) is 7.11 Å². The normalized spacial score (nSPS) is 24.7. The molecule has 0 aliphatic heterocycles. The van der Waals surface area contributed by atoms with Gasteiger partial charge in [-0.15, -0.1) is 0 Å². The highest BCUT2D eigenvalue weighted by molar-refractivity contribution is 7.80. The van der Waals surface area contributed by atoms with Crippen LogP contribution in [-0.2, 0) is 4.74 Å². The number of hydrogen-bond acceptors (Lipinski definition) is 2. The van der Waals surface area contributed by atoms with Crippen LogP contribution in [0, 0.1) is 11.8 Å². The number of nitrogens with one attached hydrogen (secondary N) is 2. The average Bonchev–Trinajstić information content (AvgIpc) is 2.29. The number of thiocarbonyl (C=S) groups is 1. The molecule has 1 rings (SSSR count). The second kappa shape index (κ2) is 7.88. The quantitative estimate of drug-likeness (QED) is 0.586. The number of hydrogen-bond donors (Lipinski definition) is 2. The first-order chi connectivity index (χ1) is 8.15. The van der Waals surface area contributed by atoms with Gasteiger partial charge in [0.2, 0.25) is 0 Å². The van der Waals surface area contributed by atoms with Gasteiger partial charge in [-0.05, 0) is 36.9 Å². The summed E-state index contributed by atoms with van der Waals surface area (Å²) in [5.74, 6) is 1.49. The van der Waals surface area contributed by atoms with Crippen LogP contribution in [0.15, 0.2) is 0 Å². The summed E-state index contributed by atoms with van der Waals surface area (Å²) in [5, 5.41) is 7.44. The molecule has 4 heteroatoms. The van der Waals surface area contributed by atoms with Crippen molar-refractivity contribution in [1.29, 1.82) is 0 Å². The van der Waals surface area contributed by atoms with Gasteiger partial charge in [0, 0.05) is 19.7 Å². The number of rotatable bonds is 5. The van der Waals surface area contributed by atoms with Crippen molar-refractivity contribution in [2.24, 2.45) is 11.8 Å². The molecule has 0 saturated heterocycles. The van der Waals surface area contributed by atoms with Crippen LogP contribution < -0.4 is 10.6 Å². The zero-order valence-corrected chi connectivity index (χ0v) is 12.1. The van der Waals surface area contributed by atoms with Gasteiger partial charge in [0.25, 0.3) is 0 Å².